The Morgan fingerprint density at radius 1 is 1.31 bits per heavy atom. The molecule has 13 heavy (non-hydrogen) atoms. The molecule has 1 aromatic carbocycles. The smallest absolute Gasteiger partial charge is 0.258 e. The molecule has 0 N–H and O–H groups in total. The van der Waals surface area contributed by atoms with Crippen LogP contribution >= 0.6 is 0 Å². The summed E-state index contributed by atoms with van der Waals surface area (Å²) in [5.74, 6) is 0.0856. The van der Waals surface area contributed by atoms with E-state index in [0.29, 0.717) is 0 Å². The minimum atomic E-state index is 0.0856. The molecule has 0 saturated carbocycles. The van der Waals surface area contributed by atoms with E-state index in [2.05, 4.69) is 0 Å². The van der Waals surface area contributed by atoms with Crippen molar-refractivity contribution in [1.82, 2.24) is 4.90 Å². The molecule has 1 aromatic rings. The molecule has 0 aromatic heterocycles. The number of carbonyl (C=O) groups is 1. The molecule has 0 aliphatic carbocycles. The largest absolute Gasteiger partial charge is 0.311 e. The first-order valence-corrected chi connectivity index (χ1v) is 4.32. The van der Waals surface area contributed by atoms with Gasteiger partial charge < -0.3 is 4.90 Å². The predicted octanol–water partition coefficient (Wildman–Crippen LogP) is 1.96. The second kappa shape index (κ2) is 3.05. The molecule has 0 bridgehead atoms. The van der Waals surface area contributed by atoms with E-state index in [-0.39, 0.29) is 5.91 Å². The lowest BCUT2D eigenvalue weighted by Gasteiger charge is -2.22. The normalized spacial score (nSPS) is 14.1. The molecular formula is C11H11NO. The molecule has 2 rings (SSSR count). The Morgan fingerprint density at radius 3 is 2.38 bits per heavy atom. The van der Waals surface area contributed by atoms with Crippen LogP contribution in [0.2, 0.25) is 0 Å². The van der Waals surface area contributed by atoms with Gasteiger partial charge in [0.1, 0.15) is 0 Å². The molecule has 66 valence electrons. The van der Waals surface area contributed by atoms with Crippen molar-refractivity contribution in [1.29, 1.82) is 0 Å². The molecule has 2 nitrogen and oxygen atoms in total. The Labute approximate surface area is 77.5 Å². The van der Waals surface area contributed by atoms with E-state index in [1.165, 1.54) is 5.56 Å². The zero-order valence-corrected chi connectivity index (χ0v) is 7.53. The van der Waals surface area contributed by atoms with Crippen molar-refractivity contribution in [3.63, 3.8) is 0 Å². The van der Waals surface area contributed by atoms with Gasteiger partial charge in [-0.25, -0.2) is 0 Å². The highest BCUT2D eigenvalue weighted by molar-refractivity contribution is 5.95. The van der Waals surface area contributed by atoms with E-state index >= 15 is 0 Å². The first-order valence-electron chi connectivity index (χ1n) is 4.32. The van der Waals surface area contributed by atoms with Crippen molar-refractivity contribution < 1.29 is 4.79 Å². The van der Waals surface area contributed by atoms with Crippen LogP contribution in [0, 0.1) is 6.92 Å². The fraction of sp³-hybridized carbons (Fsp3) is 0.182. The third-order valence-corrected chi connectivity index (χ3v) is 2.15. The fourth-order valence-electron chi connectivity index (χ4n) is 1.22. The molecule has 1 aliphatic heterocycles. The number of amides is 1. The summed E-state index contributed by atoms with van der Waals surface area (Å²) >= 11 is 0. The number of rotatable bonds is 1. The van der Waals surface area contributed by atoms with Crippen molar-refractivity contribution >= 4 is 5.91 Å². The minimum absolute atomic E-state index is 0.0856. The summed E-state index contributed by atoms with van der Waals surface area (Å²) in [6.45, 7) is 2.75. The molecular weight excluding hydrogens is 162 g/mol. The maximum Gasteiger partial charge on any atom is 0.258 e. The van der Waals surface area contributed by atoms with Crippen molar-refractivity contribution in [2.75, 3.05) is 6.54 Å². The molecule has 2 heteroatoms. The van der Waals surface area contributed by atoms with Crippen LogP contribution in [-0.4, -0.2) is 17.4 Å². The fourth-order valence-corrected chi connectivity index (χ4v) is 1.22. The number of hydrogen-bond acceptors (Lipinski definition) is 1. The highest BCUT2D eigenvalue weighted by Crippen LogP contribution is 2.11. The lowest BCUT2D eigenvalue weighted by molar-refractivity contribution is 0.0816. The van der Waals surface area contributed by atoms with Gasteiger partial charge in [0.2, 0.25) is 0 Å². The average molecular weight is 173 g/mol. The summed E-state index contributed by atoms with van der Waals surface area (Å²) in [5, 5.41) is 0. The molecule has 1 aliphatic rings. The van der Waals surface area contributed by atoms with Crippen LogP contribution in [0.4, 0.5) is 0 Å². The quantitative estimate of drug-likeness (QED) is 0.635. The van der Waals surface area contributed by atoms with Crippen LogP contribution in [0.1, 0.15) is 15.9 Å². The maximum atomic E-state index is 11.6. The van der Waals surface area contributed by atoms with E-state index in [1.54, 1.807) is 4.90 Å². The molecule has 0 spiro atoms. The van der Waals surface area contributed by atoms with Crippen LogP contribution < -0.4 is 0 Å². The molecule has 0 atom stereocenters. The van der Waals surface area contributed by atoms with Crippen molar-refractivity contribution in [3.8, 4) is 0 Å². The van der Waals surface area contributed by atoms with Gasteiger partial charge in [-0.1, -0.05) is 17.7 Å². The number of aryl methyl sites for hydroxylation is 1. The average Bonchev–Trinajstić information content (AvgIpc) is 2.02. The van der Waals surface area contributed by atoms with Gasteiger partial charge in [0.15, 0.2) is 0 Å². The van der Waals surface area contributed by atoms with Gasteiger partial charge in [0.05, 0.1) is 0 Å². The van der Waals surface area contributed by atoms with Crippen LogP contribution in [0.25, 0.3) is 0 Å². The number of nitrogens with zero attached hydrogens (tertiary/aromatic N) is 1. The van der Waals surface area contributed by atoms with Crippen LogP contribution in [0.3, 0.4) is 0 Å². The maximum absolute atomic E-state index is 11.6. The van der Waals surface area contributed by atoms with Gasteiger partial charge in [0, 0.05) is 18.3 Å². The van der Waals surface area contributed by atoms with E-state index in [4.69, 9.17) is 0 Å². The van der Waals surface area contributed by atoms with Gasteiger partial charge in [-0.3, -0.25) is 4.79 Å². The van der Waals surface area contributed by atoms with Crippen LogP contribution in [0.5, 0.6) is 0 Å². The van der Waals surface area contributed by atoms with Gasteiger partial charge in [-0.2, -0.15) is 0 Å². The van der Waals surface area contributed by atoms with E-state index < -0.39 is 0 Å². The Balaban J connectivity index is 2.20. The molecule has 0 radical (unpaired) electrons. The standard InChI is InChI=1S/C11H11NO/c1-9-3-5-10(6-4-9)11(13)12-7-2-8-12/h2-7H,8H2,1H3. The highest BCUT2D eigenvalue weighted by atomic mass is 16.2. The number of carbonyl (C=O) groups excluding carboxylic acids is 1. The Bertz CT molecular complexity index is 351. The zero-order chi connectivity index (χ0) is 9.26. The Kier molecular flexibility index (Phi) is 1.89. The first kappa shape index (κ1) is 8.05. The second-order valence-corrected chi connectivity index (χ2v) is 3.21. The first-order chi connectivity index (χ1) is 6.27. The third kappa shape index (κ3) is 1.47. The summed E-state index contributed by atoms with van der Waals surface area (Å²) < 4.78 is 0. The molecule has 0 saturated heterocycles. The van der Waals surface area contributed by atoms with Crippen molar-refractivity contribution in [2.24, 2.45) is 0 Å². The molecule has 1 heterocycles. The molecule has 0 fully saturated rings. The Hall–Kier alpha value is -1.57. The zero-order valence-electron chi connectivity index (χ0n) is 7.53. The lowest BCUT2D eigenvalue weighted by Crippen LogP contribution is -2.31. The molecule has 1 amide bonds. The van der Waals surface area contributed by atoms with Crippen LogP contribution in [-0.2, 0) is 0 Å². The summed E-state index contributed by atoms with van der Waals surface area (Å²) in [6.07, 6.45) is 3.77. The number of hydrogen-bond donors (Lipinski definition) is 0. The van der Waals surface area contributed by atoms with Gasteiger partial charge in [-0.05, 0) is 25.1 Å². The third-order valence-electron chi connectivity index (χ3n) is 2.15. The van der Waals surface area contributed by atoms with Gasteiger partial charge in [0.25, 0.3) is 5.91 Å². The predicted molar refractivity (Wildman–Crippen MR) is 51.4 cm³/mol. The summed E-state index contributed by atoms with van der Waals surface area (Å²) in [5.41, 5.74) is 1.94. The second-order valence-electron chi connectivity index (χ2n) is 3.21. The summed E-state index contributed by atoms with van der Waals surface area (Å²) in [7, 11) is 0. The topological polar surface area (TPSA) is 20.3 Å². The summed E-state index contributed by atoms with van der Waals surface area (Å²) in [4.78, 5) is 13.3. The van der Waals surface area contributed by atoms with E-state index in [9.17, 15) is 4.79 Å². The Morgan fingerprint density at radius 2 is 1.92 bits per heavy atom. The van der Waals surface area contributed by atoms with E-state index in [0.717, 1.165) is 12.1 Å². The monoisotopic (exact) mass is 173 g/mol. The minimum Gasteiger partial charge on any atom is -0.311 e. The van der Waals surface area contributed by atoms with Crippen molar-refractivity contribution in [2.45, 2.75) is 6.92 Å². The molecule has 0 unspecified atom stereocenters. The van der Waals surface area contributed by atoms with E-state index in [1.807, 2.05) is 43.5 Å². The van der Waals surface area contributed by atoms with Crippen molar-refractivity contribution in [3.05, 3.63) is 47.7 Å². The SMILES string of the molecule is Cc1ccc(C(=O)N2C=CC2)cc1. The summed E-state index contributed by atoms with van der Waals surface area (Å²) in [6, 6.07) is 7.64. The highest BCUT2D eigenvalue weighted by Gasteiger charge is 2.15. The van der Waals surface area contributed by atoms with Gasteiger partial charge >= 0.3 is 0 Å². The lowest BCUT2D eigenvalue weighted by atomic mass is 10.1. The van der Waals surface area contributed by atoms with Gasteiger partial charge in [-0.15, -0.1) is 0 Å². The van der Waals surface area contributed by atoms with Crippen LogP contribution in [0.15, 0.2) is 36.5 Å². The number of benzene rings is 1.